The second kappa shape index (κ2) is 8.22. The first-order valence-electron chi connectivity index (χ1n) is 11.0. The highest BCUT2D eigenvalue weighted by atomic mass is 16.6. The van der Waals surface area contributed by atoms with Gasteiger partial charge >= 0.3 is 6.09 Å². The number of cyclic esters (lactones) is 1. The largest absolute Gasteiger partial charge is 0.508 e. The lowest BCUT2D eigenvalue weighted by Crippen LogP contribution is -2.33. The van der Waals surface area contributed by atoms with Crippen LogP contribution in [0.4, 0.5) is 4.79 Å². The van der Waals surface area contributed by atoms with E-state index in [9.17, 15) is 14.7 Å². The molecule has 172 valence electrons. The van der Waals surface area contributed by atoms with Gasteiger partial charge in [0.1, 0.15) is 17.2 Å². The standard InChI is InChI=1S/C26H23N3O5/c1-3-5-15-12-16(23-20-10-9-18(30)14-21(20)28-29-23)8-11-22(15)33-19-7-4-6-17(13-19)26(2)24(31)27-25(32)34-26/h4,6-14,30H,3,5H2,1-2H3,(H,28,29)(H,27,31,32)/t26-/m1/s1. The maximum absolute atomic E-state index is 12.3. The maximum atomic E-state index is 12.3. The maximum Gasteiger partial charge on any atom is 0.415 e. The number of ether oxygens (including phenoxy) is 2. The summed E-state index contributed by atoms with van der Waals surface area (Å²) in [7, 11) is 0. The molecular weight excluding hydrogens is 434 g/mol. The predicted molar refractivity (Wildman–Crippen MR) is 126 cm³/mol. The van der Waals surface area contributed by atoms with Gasteiger partial charge in [0, 0.05) is 22.6 Å². The van der Waals surface area contributed by atoms with E-state index in [1.165, 1.54) is 0 Å². The van der Waals surface area contributed by atoms with Crippen LogP contribution in [-0.2, 0) is 21.6 Å². The van der Waals surface area contributed by atoms with Gasteiger partial charge in [-0.25, -0.2) is 4.79 Å². The van der Waals surface area contributed by atoms with Crippen molar-refractivity contribution in [2.45, 2.75) is 32.3 Å². The Kier molecular flexibility index (Phi) is 5.20. The number of phenolic OH excluding ortho intramolecular Hbond substituents is 1. The zero-order valence-electron chi connectivity index (χ0n) is 18.7. The Morgan fingerprint density at radius 1 is 1.09 bits per heavy atom. The number of nitrogens with one attached hydrogen (secondary N) is 2. The Morgan fingerprint density at radius 2 is 1.94 bits per heavy atom. The number of aryl methyl sites for hydroxylation is 1. The van der Waals surface area contributed by atoms with Crippen LogP contribution in [0.1, 0.15) is 31.4 Å². The van der Waals surface area contributed by atoms with Gasteiger partial charge in [-0.15, -0.1) is 0 Å². The highest BCUT2D eigenvalue weighted by Crippen LogP contribution is 2.36. The monoisotopic (exact) mass is 457 g/mol. The molecule has 8 nitrogen and oxygen atoms in total. The lowest BCUT2D eigenvalue weighted by atomic mass is 9.95. The summed E-state index contributed by atoms with van der Waals surface area (Å²) in [6.45, 7) is 3.65. The van der Waals surface area contributed by atoms with Gasteiger partial charge in [-0.05, 0) is 61.4 Å². The number of carbonyl (C=O) groups excluding carboxylic acids is 2. The lowest BCUT2D eigenvalue weighted by Gasteiger charge is -2.20. The Balaban J connectivity index is 1.48. The first-order valence-corrected chi connectivity index (χ1v) is 11.0. The summed E-state index contributed by atoms with van der Waals surface area (Å²) in [6, 6.07) is 18.0. The van der Waals surface area contributed by atoms with E-state index < -0.39 is 17.6 Å². The molecule has 3 aromatic carbocycles. The van der Waals surface area contributed by atoms with Gasteiger partial charge in [-0.3, -0.25) is 15.2 Å². The van der Waals surface area contributed by atoms with Crippen molar-refractivity contribution >= 4 is 22.9 Å². The molecule has 1 fully saturated rings. The number of alkyl carbamates (subject to hydrolysis) is 1. The number of aromatic nitrogens is 2. The van der Waals surface area contributed by atoms with Gasteiger partial charge in [-0.2, -0.15) is 5.10 Å². The van der Waals surface area contributed by atoms with Crippen molar-refractivity contribution in [1.82, 2.24) is 15.5 Å². The SMILES string of the molecule is CCCc1cc(-c2n[nH]c3cc(O)ccc23)ccc1Oc1cccc([C@@]2(C)OC(=O)NC2=O)c1. The fourth-order valence-corrected chi connectivity index (χ4v) is 4.16. The third-order valence-electron chi connectivity index (χ3n) is 5.96. The quantitative estimate of drug-likeness (QED) is 0.368. The van der Waals surface area contributed by atoms with Gasteiger partial charge in [0.05, 0.1) is 11.2 Å². The molecule has 1 aromatic heterocycles. The minimum absolute atomic E-state index is 0.180. The molecule has 0 unspecified atom stereocenters. The Bertz CT molecular complexity index is 1430. The fourth-order valence-electron chi connectivity index (χ4n) is 4.16. The summed E-state index contributed by atoms with van der Waals surface area (Å²) >= 11 is 0. The fraction of sp³-hybridized carbons (Fsp3) is 0.192. The number of hydrogen-bond acceptors (Lipinski definition) is 6. The Hall–Kier alpha value is -4.33. The number of H-pyrrole nitrogens is 1. The van der Waals surface area contributed by atoms with E-state index in [-0.39, 0.29) is 5.75 Å². The number of nitrogens with zero attached hydrogens (tertiary/aromatic N) is 1. The van der Waals surface area contributed by atoms with Crippen molar-refractivity contribution in [3.05, 3.63) is 71.8 Å². The van der Waals surface area contributed by atoms with E-state index in [1.54, 1.807) is 43.3 Å². The van der Waals surface area contributed by atoms with Crippen LogP contribution in [0.25, 0.3) is 22.2 Å². The summed E-state index contributed by atoms with van der Waals surface area (Å²) < 4.78 is 11.4. The molecule has 0 spiro atoms. The summed E-state index contributed by atoms with van der Waals surface area (Å²) in [5.41, 5.74) is 2.62. The van der Waals surface area contributed by atoms with Gasteiger partial charge in [0.25, 0.3) is 5.91 Å². The number of fused-ring (bicyclic) bond motifs is 1. The van der Waals surface area contributed by atoms with Crippen LogP contribution in [0.15, 0.2) is 60.7 Å². The van der Waals surface area contributed by atoms with Crippen LogP contribution in [0.2, 0.25) is 0 Å². The van der Waals surface area contributed by atoms with Crippen LogP contribution >= 0.6 is 0 Å². The molecule has 1 aliphatic rings. The first-order chi connectivity index (χ1) is 16.4. The van der Waals surface area contributed by atoms with E-state index in [0.29, 0.717) is 17.1 Å². The number of imide groups is 1. The van der Waals surface area contributed by atoms with E-state index >= 15 is 0 Å². The second-order valence-corrected chi connectivity index (χ2v) is 8.38. The van der Waals surface area contributed by atoms with Crippen LogP contribution in [-0.4, -0.2) is 27.3 Å². The Morgan fingerprint density at radius 3 is 2.71 bits per heavy atom. The van der Waals surface area contributed by atoms with Crippen LogP contribution in [0, 0.1) is 0 Å². The minimum atomic E-state index is -1.40. The number of carbonyl (C=O) groups is 2. The van der Waals surface area contributed by atoms with E-state index in [2.05, 4.69) is 28.5 Å². The van der Waals surface area contributed by atoms with Crippen molar-refractivity contribution in [3.8, 4) is 28.5 Å². The summed E-state index contributed by atoms with van der Waals surface area (Å²) in [5.74, 6) is 0.891. The van der Waals surface area contributed by atoms with E-state index in [1.807, 2.05) is 18.2 Å². The zero-order chi connectivity index (χ0) is 23.9. The van der Waals surface area contributed by atoms with Gasteiger partial charge in [-0.1, -0.05) is 25.5 Å². The molecule has 2 amide bonds. The third kappa shape index (κ3) is 3.73. The minimum Gasteiger partial charge on any atom is -0.508 e. The Labute approximate surface area is 195 Å². The first kappa shape index (κ1) is 21.5. The molecule has 8 heteroatoms. The van der Waals surface area contributed by atoms with Crippen molar-refractivity contribution < 1.29 is 24.2 Å². The average Bonchev–Trinajstić information content (AvgIpc) is 3.35. The van der Waals surface area contributed by atoms with Crippen LogP contribution in [0.3, 0.4) is 0 Å². The number of aromatic hydroxyl groups is 1. The molecule has 0 radical (unpaired) electrons. The molecule has 1 atom stereocenters. The molecule has 3 N–H and O–H groups in total. The topological polar surface area (TPSA) is 114 Å². The molecule has 1 aliphatic heterocycles. The molecule has 0 saturated carbocycles. The van der Waals surface area contributed by atoms with Gasteiger partial charge < -0.3 is 14.6 Å². The van der Waals surface area contributed by atoms with Crippen molar-refractivity contribution in [2.75, 3.05) is 0 Å². The number of benzene rings is 3. The number of hydrogen-bond donors (Lipinski definition) is 3. The highest BCUT2D eigenvalue weighted by Gasteiger charge is 2.46. The number of aromatic amines is 1. The zero-order valence-corrected chi connectivity index (χ0v) is 18.7. The molecule has 5 rings (SSSR count). The van der Waals surface area contributed by atoms with E-state index in [4.69, 9.17) is 9.47 Å². The smallest absolute Gasteiger partial charge is 0.415 e. The highest BCUT2D eigenvalue weighted by molar-refractivity contribution is 6.03. The molecule has 34 heavy (non-hydrogen) atoms. The van der Waals surface area contributed by atoms with E-state index in [0.717, 1.165) is 40.6 Å². The number of phenols is 1. The van der Waals surface area contributed by atoms with Crippen molar-refractivity contribution in [2.24, 2.45) is 0 Å². The summed E-state index contributed by atoms with van der Waals surface area (Å²) in [6.07, 6.45) is 0.952. The van der Waals surface area contributed by atoms with Crippen LogP contribution in [0.5, 0.6) is 17.2 Å². The molecule has 4 aromatic rings. The molecule has 2 heterocycles. The molecular formula is C26H23N3O5. The van der Waals surface area contributed by atoms with Crippen molar-refractivity contribution in [1.29, 1.82) is 0 Å². The third-order valence-corrected chi connectivity index (χ3v) is 5.96. The molecule has 0 aliphatic carbocycles. The van der Waals surface area contributed by atoms with Crippen LogP contribution < -0.4 is 10.1 Å². The molecule has 0 bridgehead atoms. The average molecular weight is 457 g/mol. The number of amides is 2. The number of rotatable bonds is 6. The lowest BCUT2D eigenvalue weighted by molar-refractivity contribution is -0.130. The predicted octanol–water partition coefficient (Wildman–Crippen LogP) is 5.16. The summed E-state index contributed by atoms with van der Waals surface area (Å²) in [4.78, 5) is 23.8. The van der Waals surface area contributed by atoms with Gasteiger partial charge in [0.2, 0.25) is 5.60 Å². The summed E-state index contributed by atoms with van der Waals surface area (Å²) in [5, 5.41) is 20.2. The second-order valence-electron chi connectivity index (χ2n) is 8.38. The van der Waals surface area contributed by atoms with Gasteiger partial charge in [0.15, 0.2) is 0 Å². The van der Waals surface area contributed by atoms with Crippen molar-refractivity contribution in [3.63, 3.8) is 0 Å². The normalized spacial score (nSPS) is 17.6. The molecule has 1 saturated heterocycles.